The Balaban J connectivity index is 1.54. The molecule has 162 valence electrons. The maximum Gasteiger partial charge on any atom is 0.259 e. The van der Waals surface area contributed by atoms with E-state index in [-0.39, 0.29) is 11.8 Å². The molecule has 0 radical (unpaired) electrons. The van der Waals surface area contributed by atoms with Gasteiger partial charge in [-0.25, -0.2) is 4.98 Å². The van der Waals surface area contributed by atoms with Gasteiger partial charge in [0.2, 0.25) is 5.91 Å². The van der Waals surface area contributed by atoms with E-state index in [0.29, 0.717) is 41.1 Å². The van der Waals surface area contributed by atoms with Crippen molar-refractivity contribution in [2.24, 2.45) is 0 Å². The van der Waals surface area contributed by atoms with E-state index in [2.05, 4.69) is 15.5 Å². The number of pyridine rings is 1. The minimum absolute atomic E-state index is 0.0899. The summed E-state index contributed by atoms with van der Waals surface area (Å²) in [6.07, 6.45) is 1.96. The highest BCUT2D eigenvalue weighted by Crippen LogP contribution is 2.30. The molecule has 0 saturated carbocycles. The number of benzene rings is 1. The van der Waals surface area contributed by atoms with Crippen LogP contribution in [0.4, 0.5) is 0 Å². The SMILES string of the molecule is Cc1noc2nc(-c3cccs3)cc(C(=O)N[C@@H](C(=O)N3CCCC3)c3ccccc3)c12. The zero-order valence-electron chi connectivity index (χ0n) is 17.6. The van der Waals surface area contributed by atoms with Gasteiger partial charge >= 0.3 is 0 Å². The van der Waals surface area contributed by atoms with E-state index in [1.165, 1.54) is 11.3 Å². The molecular formula is C24H22N4O3S. The molecule has 0 spiro atoms. The van der Waals surface area contributed by atoms with Crippen LogP contribution in [0.1, 0.15) is 40.5 Å². The van der Waals surface area contributed by atoms with Crippen LogP contribution in [0, 0.1) is 6.92 Å². The molecule has 4 heterocycles. The molecule has 1 fully saturated rings. The van der Waals surface area contributed by atoms with Gasteiger partial charge in [0.25, 0.3) is 11.6 Å². The molecule has 1 aromatic carbocycles. The molecule has 8 heteroatoms. The fourth-order valence-electron chi connectivity index (χ4n) is 4.09. The maximum atomic E-state index is 13.6. The van der Waals surface area contributed by atoms with Gasteiger partial charge in [-0.2, -0.15) is 0 Å². The summed E-state index contributed by atoms with van der Waals surface area (Å²) in [6.45, 7) is 3.20. The first-order valence-electron chi connectivity index (χ1n) is 10.6. The maximum absolute atomic E-state index is 13.6. The molecule has 1 aliphatic heterocycles. The second kappa shape index (κ2) is 8.55. The first-order chi connectivity index (χ1) is 15.6. The first kappa shape index (κ1) is 20.4. The van der Waals surface area contributed by atoms with Crippen LogP contribution in [0.2, 0.25) is 0 Å². The highest BCUT2D eigenvalue weighted by atomic mass is 32.1. The minimum atomic E-state index is -0.768. The van der Waals surface area contributed by atoms with Crippen molar-refractivity contribution in [3.8, 4) is 10.6 Å². The Hall–Kier alpha value is -3.52. The summed E-state index contributed by atoms with van der Waals surface area (Å²) in [5.74, 6) is -0.448. The summed E-state index contributed by atoms with van der Waals surface area (Å²) >= 11 is 1.53. The fraction of sp³-hybridized carbons (Fsp3) is 0.250. The number of likely N-dealkylation sites (tertiary alicyclic amines) is 1. The molecule has 1 atom stereocenters. The summed E-state index contributed by atoms with van der Waals surface area (Å²) in [4.78, 5) is 34.2. The third kappa shape index (κ3) is 3.78. The number of rotatable bonds is 5. The second-order valence-electron chi connectivity index (χ2n) is 7.83. The summed E-state index contributed by atoms with van der Waals surface area (Å²) < 4.78 is 5.38. The van der Waals surface area contributed by atoms with E-state index in [1.54, 1.807) is 13.0 Å². The van der Waals surface area contributed by atoms with Gasteiger partial charge < -0.3 is 14.7 Å². The van der Waals surface area contributed by atoms with E-state index < -0.39 is 6.04 Å². The van der Waals surface area contributed by atoms with E-state index in [4.69, 9.17) is 4.52 Å². The normalized spacial score (nSPS) is 14.6. The van der Waals surface area contributed by atoms with E-state index in [9.17, 15) is 9.59 Å². The summed E-state index contributed by atoms with van der Waals surface area (Å²) in [7, 11) is 0. The smallest absolute Gasteiger partial charge is 0.259 e. The molecule has 32 heavy (non-hydrogen) atoms. The fourth-order valence-corrected chi connectivity index (χ4v) is 4.77. The highest BCUT2D eigenvalue weighted by molar-refractivity contribution is 7.13. The zero-order chi connectivity index (χ0) is 22.1. The van der Waals surface area contributed by atoms with Crippen LogP contribution >= 0.6 is 11.3 Å². The van der Waals surface area contributed by atoms with Gasteiger partial charge in [0.15, 0.2) is 0 Å². The van der Waals surface area contributed by atoms with Crippen molar-refractivity contribution in [3.05, 3.63) is 70.7 Å². The van der Waals surface area contributed by atoms with Crippen LogP contribution in [-0.2, 0) is 4.79 Å². The molecule has 5 rings (SSSR count). The Bertz CT molecular complexity index is 1260. The lowest BCUT2D eigenvalue weighted by molar-refractivity contribution is -0.132. The lowest BCUT2D eigenvalue weighted by Crippen LogP contribution is -2.41. The molecule has 7 nitrogen and oxygen atoms in total. The van der Waals surface area contributed by atoms with Crippen LogP contribution in [0.5, 0.6) is 0 Å². The zero-order valence-corrected chi connectivity index (χ0v) is 18.4. The molecule has 2 amide bonds. The number of amides is 2. The lowest BCUT2D eigenvalue weighted by atomic mass is 10.0. The predicted octanol–water partition coefficient (Wildman–Crippen LogP) is 4.35. The third-order valence-corrected chi connectivity index (χ3v) is 6.60. The Morgan fingerprint density at radius 2 is 1.91 bits per heavy atom. The lowest BCUT2D eigenvalue weighted by Gasteiger charge is -2.24. The molecule has 1 saturated heterocycles. The Morgan fingerprint density at radius 3 is 2.62 bits per heavy atom. The molecule has 1 aliphatic rings. The van der Waals surface area contributed by atoms with E-state index in [1.807, 2.05) is 52.7 Å². The van der Waals surface area contributed by atoms with Gasteiger partial charge in [-0.3, -0.25) is 9.59 Å². The Labute approximate surface area is 189 Å². The number of carbonyl (C=O) groups excluding carboxylic acids is 2. The van der Waals surface area contributed by atoms with Gasteiger partial charge in [-0.1, -0.05) is 41.6 Å². The minimum Gasteiger partial charge on any atom is -0.341 e. The van der Waals surface area contributed by atoms with Gasteiger partial charge in [0.1, 0.15) is 6.04 Å². The number of aryl methyl sites for hydroxylation is 1. The van der Waals surface area contributed by atoms with Crippen molar-refractivity contribution in [1.82, 2.24) is 20.4 Å². The van der Waals surface area contributed by atoms with Gasteiger partial charge in [-0.15, -0.1) is 11.3 Å². The molecule has 0 unspecified atom stereocenters. The average molecular weight is 447 g/mol. The first-order valence-corrected chi connectivity index (χ1v) is 11.5. The van der Waals surface area contributed by atoms with Gasteiger partial charge in [0, 0.05) is 13.1 Å². The molecule has 0 aliphatic carbocycles. The summed E-state index contributed by atoms with van der Waals surface area (Å²) in [5.41, 5.74) is 2.67. The van der Waals surface area contributed by atoms with E-state index in [0.717, 1.165) is 23.3 Å². The van der Waals surface area contributed by atoms with Crippen LogP contribution in [0.15, 0.2) is 58.4 Å². The number of fused-ring (bicyclic) bond motifs is 1. The number of hydrogen-bond donors (Lipinski definition) is 1. The van der Waals surface area contributed by atoms with Crippen LogP contribution in [0.25, 0.3) is 21.7 Å². The van der Waals surface area contributed by atoms with Crippen molar-refractivity contribution in [1.29, 1.82) is 0 Å². The number of carbonyl (C=O) groups is 2. The standard InChI is InChI=1S/C24H22N4O3S/c1-15-20-17(14-18(19-10-7-13-32-19)25-23(20)31-27-15)22(29)26-21(16-8-3-2-4-9-16)24(30)28-11-5-6-12-28/h2-4,7-10,13-14,21H,5-6,11-12H2,1H3,(H,26,29)/t21-/m1/s1. The highest BCUT2D eigenvalue weighted by Gasteiger charge is 2.30. The quantitative estimate of drug-likeness (QED) is 0.492. The van der Waals surface area contributed by atoms with Crippen molar-refractivity contribution in [2.75, 3.05) is 13.1 Å². The van der Waals surface area contributed by atoms with Crippen LogP contribution in [-0.4, -0.2) is 39.9 Å². The number of nitrogens with one attached hydrogen (secondary N) is 1. The van der Waals surface area contributed by atoms with Crippen molar-refractivity contribution >= 4 is 34.3 Å². The van der Waals surface area contributed by atoms with Crippen molar-refractivity contribution in [2.45, 2.75) is 25.8 Å². The van der Waals surface area contributed by atoms with Crippen molar-refractivity contribution < 1.29 is 14.1 Å². The number of hydrogen-bond acceptors (Lipinski definition) is 6. The number of thiophene rings is 1. The average Bonchev–Trinajstić information content (AvgIpc) is 3.59. The predicted molar refractivity (Wildman–Crippen MR) is 122 cm³/mol. The largest absolute Gasteiger partial charge is 0.341 e. The molecule has 3 aromatic heterocycles. The molecular weight excluding hydrogens is 424 g/mol. The molecule has 4 aromatic rings. The van der Waals surface area contributed by atoms with Crippen LogP contribution in [0.3, 0.4) is 0 Å². The Kier molecular flexibility index (Phi) is 5.45. The molecule has 0 bridgehead atoms. The topological polar surface area (TPSA) is 88.3 Å². The number of nitrogens with zero attached hydrogens (tertiary/aromatic N) is 3. The summed E-state index contributed by atoms with van der Waals surface area (Å²) in [6, 6.07) is 14.2. The van der Waals surface area contributed by atoms with Crippen LogP contribution < -0.4 is 5.32 Å². The van der Waals surface area contributed by atoms with Crippen molar-refractivity contribution in [3.63, 3.8) is 0 Å². The second-order valence-corrected chi connectivity index (χ2v) is 8.78. The van der Waals surface area contributed by atoms with E-state index >= 15 is 0 Å². The Morgan fingerprint density at radius 1 is 1.12 bits per heavy atom. The number of aromatic nitrogens is 2. The monoisotopic (exact) mass is 446 g/mol. The van der Waals surface area contributed by atoms with Gasteiger partial charge in [0.05, 0.1) is 27.2 Å². The summed E-state index contributed by atoms with van der Waals surface area (Å²) in [5, 5.41) is 9.50. The van der Waals surface area contributed by atoms with Gasteiger partial charge in [-0.05, 0) is 42.8 Å². The third-order valence-electron chi connectivity index (χ3n) is 5.71. The molecule has 1 N–H and O–H groups in total.